The third-order valence-corrected chi connectivity index (χ3v) is 1.77. The number of aliphatic hydroxyl groups excluding tert-OH is 1. The summed E-state index contributed by atoms with van der Waals surface area (Å²) in [6.45, 7) is 3.32. The summed E-state index contributed by atoms with van der Waals surface area (Å²) in [6.07, 6.45) is -0.293. The standard InChI is InChI=1S/C7H11NO2/c1-3-7(2,5-8)6(10)4-9/h4,6,10H,3H2,1-2H3. The number of carbonyl (C=O) groups excluding carboxylic acids is 1. The summed E-state index contributed by atoms with van der Waals surface area (Å²) in [4.78, 5) is 10.1. The summed E-state index contributed by atoms with van der Waals surface area (Å²) in [5, 5.41) is 17.5. The van der Waals surface area contributed by atoms with Gasteiger partial charge in [0.1, 0.15) is 12.4 Å². The maximum atomic E-state index is 10.1. The van der Waals surface area contributed by atoms with Gasteiger partial charge < -0.3 is 9.90 Å². The lowest BCUT2D eigenvalue weighted by Gasteiger charge is -2.20. The molecule has 0 aromatic heterocycles. The summed E-state index contributed by atoms with van der Waals surface area (Å²) >= 11 is 0. The predicted octanol–water partition coefficient (Wildman–Crippen LogP) is 0.486. The first-order valence-corrected chi connectivity index (χ1v) is 3.15. The molecule has 0 saturated carbocycles. The molecule has 10 heavy (non-hydrogen) atoms. The zero-order valence-electron chi connectivity index (χ0n) is 6.16. The Morgan fingerprint density at radius 1 is 1.90 bits per heavy atom. The Labute approximate surface area is 60.3 Å². The van der Waals surface area contributed by atoms with E-state index >= 15 is 0 Å². The van der Waals surface area contributed by atoms with Gasteiger partial charge in [-0.05, 0) is 13.3 Å². The highest BCUT2D eigenvalue weighted by molar-refractivity contribution is 5.58. The van der Waals surface area contributed by atoms with Crippen LogP contribution in [0.15, 0.2) is 0 Å². The van der Waals surface area contributed by atoms with Crippen LogP contribution in [0.5, 0.6) is 0 Å². The Balaban J connectivity index is 4.35. The largest absolute Gasteiger partial charge is 0.384 e. The highest BCUT2D eigenvalue weighted by Gasteiger charge is 2.30. The lowest BCUT2D eigenvalue weighted by Crippen LogP contribution is -2.31. The van der Waals surface area contributed by atoms with Crippen LogP contribution in [0.3, 0.4) is 0 Å². The monoisotopic (exact) mass is 141 g/mol. The van der Waals surface area contributed by atoms with Crippen molar-refractivity contribution in [2.75, 3.05) is 0 Å². The van der Waals surface area contributed by atoms with Crippen LogP contribution in [0.25, 0.3) is 0 Å². The highest BCUT2D eigenvalue weighted by atomic mass is 16.3. The van der Waals surface area contributed by atoms with E-state index in [4.69, 9.17) is 10.4 Å². The molecule has 0 saturated heterocycles. The second-order valence-corrected chi connectivity index (χ2v) is 2.46. The van der Waals surface area contributed by atoms with Gasteiger partial charge in [0.25, 0.3) is 0 Å². The van der Waals surface area contributed by atoms with E-state index in [1.807, 2.05) is 6.07 Å². The van der Waals surface area contributed by atoms with Gasteiger partial charge in [-0.2, -0.15) is 5.26 Å². The van der Waals surface area contributed by atoms with Crippen molar-refractivity contribution in [1.29, 1.82) is 5.26 Å². The van der Waals surface area contributed by atoms with Gasteiger partial charge >= 0.3 is 0 Å². The molecule has 0 aromatic carbocycles. The Morgan fingerprint density at radius 2 is 2.40 bits per heavy atom. The topological polar surface area (TPSA) is 61.1 Å². The van der Waals surface area contributed by atoms with Crippen LogP contribution in [0.2, 0.25) is 0 Å². The number of carbonyl (C=O) groups is 1. The van der Waals surface area contributed by atoms with Gasteiger partial charge in [-0.15, -0.1) is 0 Å². The fraction of sp³-hybridized carbons (Fsp3) is 0.714. The van der Waals surface area contributed by atoms with Crippen LogP contribution in [0, 0.1) is 16.7 Å². The van der Waals surface area contributed by atoms with Gasteiger partial charge in [0.05, 0.1) is 11.5 Å². The molecule has 0 fully saturated rings. The molecule has 0 aliphatic heterocycles. The number of hydrogen-bond acceptors (Lipinski definition) is 3. The van der Waals surface area contributed by atoms with Crippen molar-refractivity contribution >= 4 is 6.29 Å². The molecule has 0 rings (SSSR count). The summed E-state index contributed by atoms with van der Waals surface area (Å²) < 4.78 is 0. The molecule has 0 bridgehead atoms. The summed E-state index contributed by atoms with van der Waals surface area (Å²) in [6, 6.07) is 1.90. The van der Waals surface area contributed by atoms with Gasteiger partial charge in [0.15, 0.2) is 0 Å². The minimum absolute atomic E-state index is 0.396. The smallest absolute Gasteiger partial charge is 0.150 e. The first kappa shape index (κ1) is 9.12. The normalized spacial score (nSPS) is 18.6. The van der Waals surface area contributed by atoms with Gasteiger partial charge in [-0.3, -0.25) is 0 Å². The average Bonchev–Trinajstić information content (AvgIpc) is 2.01. The third kappa shape index (κ3) is 1.55. The van der Waals surface area contributed by atoms with Crippen molar-refractivity contribution in [1.82, 2.24) is 0 Å². The Morgan fingerprint density at radius 3 is 2.50 bits per heavy atom. The van der Waals surface area contributed by atoms with Crippen molar-refractivity contribution in [3.05, 3.63) is 0 Å². The molecule has 0 heterocycles. The fourth-order valence-corrected chi connectivity index (χ4v) is 0.505. The molecule has 56 valence electrons. The number of nitriles is 1. The number of hydrogen-bond donors (Lipinski definition) is 1. The van der Waals surface area contributed by atoms with E-state index < -0.39 is 11.5 Å². The summed E-state index contributed by atoms with van der Waals surface area (Å²) in [5.41, 5.74) is -0.915. The van der Waals surface area contributed by atoms with Crippen molar-refractivity contribution in [2.45, 2.75) is 26.4 Å². The van der Waals surface area contributed by atoms with E-state index in [0.29, 0.717) is 12.7 Å². The summed E-state index contributed by atoms with van der Waals surface area (Å²) in [5.74, 6) is 0. The second-order valence-electron chi connectivity index (χ2n) is 2.46. The zero-order chi connectivity index (χ0) is 8.20. The lowest BCUT2D eigenvalue weighted by molar-refractivity contribution is -0.118. The van der Waals surface area contributed by atoms with E-state index in [2.05, 4.69) is 0 Å². The van der Waals surface area contributed by atoms with Crippen molar-refractivity contribution in [3.63, 3.8) is 0 Å². The second kappa shape index (κ2) is 3.33. The number of nitrogens with zero attached hydrogens (tertiary/aromatic N) is 1. The lowest BCUT2D eigenvalue weighted by atomic mass is 9.84. The molecule has 2 unspecified atom stereocenters. The van der Waals surface area contributed by atoms with Crippen LogP contribution in [0.1, 0.15) is 20.3 Å². The predicted molar refractivity (Wildman–Crippen MR) is 36.1 cm³/mol. The molecular formula is C7H11NO2. The quantitative estimate of drug-likeness (QED) is 0.582. The minimum Gasteiger partial charge on any atom is -0.384 e. The number of aldehydes is 1. The maximum Gasteiger partial charge on any atom is 0.150 e. The van der Waals surface area contributed by atoms with Gasteiger partial charge in [0.2, 0.25) is 0 Å². The van der Waals surface area contributed by atoms with Crippen molar-refractivity contribution in [3.8, 4) is 6.07 Å². The van der Waals surface area contributed by atoms with Crippen LogP contribution in [-0.2, 0) is 4.79 Å². The van der Waals surface area contributed by atoms with E-state index in [0.717, 1.165) is 0 Å². The minimum atomic E-state index is -1.16. The van der Waals surface area contributed by atoms with E-state index in [1.54, 1.807) is 13.8 Å². The molecular weight excluding hydrogens is 130 g/mol. The molecule has 0 aromatic rings. The Kier molecular flexibility index (Phi) is 3.04. The zero-order valence-corrected chi connectivity index (χ0v) is 6.16. The molecule has 3 nitrogen and oxygen atoms in total. The molecule has 0 amide bonds. The van der Waals surface area contributed by atoms with Crippen molar-refractivity contribution < 1.29 is 9.90 Å². The Bertz CT molecular complexity index is 161. The molecule has 0 aliphatic carbocycles. The SMILES string of the molecule is CCC(C)(C#N)C(O)C=O. The molecule has 0 aliphatic rings. The van der Waals surface area contributed by atoms with Gasteiger partial charge in [0, 0.05) is 0 Å². The number of rotatable bonds is 3. The molecule has 3 heteroatoms. The molecule has 0 radical (unpaired) electrons. The van der Waals surface area contributed by atoms with E-state index in [1.165, 1.54) is 0 Å². The highest BCUT2D eigenvalue weighted by Crippen LogP contribution is 2.22. The van der Waals surface area contributed by atoms with Gasteiger partial charge in [-0.1, -0.05) is 6.92 Å². The first-order valence-electron chi connectivity index (χ1n) is 3.15. The summed E-state index contributed by atoms with van der Waals surface area (Å²) in [7, 11) is 0. The van der Waals surface area contributed by atoms with Crippen LogP contribution in [-0.4, -0.2) is 17.5 Å². The van der Waals surface area contributed by atoms with E-state index in [9.17, 15) is 4.79 Å². The number of aliphatic hydroxyl groups is 1. The fourth-order valence-electron chi connectivity index (χ4n) is 0.505. The van der Waals surface area contributed by atoms with Crippen LogP contribution in [0.4, 0.5) is 0 Å². The average molecular weight is 141 g/mol. The molecule has 1 N–H and O–H groups in total. The van der Waals surface area contributed by atoms with E-state index in [-0.39, 0.29) is 0 Å². The maximum absolute atomic E-state index is 10.1. The molecule has 0 spiro atoms. The van der Waals surface area contributed by atoms with Crippen LogP contribution < -0.4 is 0 Å². The third-order valence-electron chi connectivity index (χ3n) is 1.77. The van der Waals surface area contributed by atoms with Gasteiger partial charge in [-0.25, -0.2) is 0 Å². The van der Waals surface area contributed by atoms with Crippen LogP contribution >= 0.6 is 0 Å². The molecule has 2 atom stereocenters. The Hall–Kier alpha value is -0.880. The first-order chi connectivity index (χ1) is 4.60. The van der Waals surface area contributed by atoms with Crippen molar-refractivity contribution in [2.24, 2.45) is 5.41 Å².